The predicted octanol–water partition coefficient (Wildman–Crippen LogP) is 4.11. The van der Waals surface area contributed by atoms with Crippen LogP contribution in [-0.2, 0) is 0 Å². The van der Waals surface area contributed by atoms with Crippen molar-refractivity contribution >= 4 is 28.0 Å². The summed E-state index contributed by atoms with van der Waals surface area (Å²) in [7, 11) is 0. The van der Waals surface area contributed by atoms with Crippen molar-refractivity contribution in [1.82, 2.24) is 9.97 Å². The topological polar surface area (TPSA) is 51.8 Å². The molecule has 0 unspecified atom stereocenters. The molecule has 0 aromatic carbocycles. The molecule has 0 saturated carbocycles. The molecule has 3 nitrogen and oxygen atoms in total. The van der Waals surface area contributed by atoms with Crippen LogP contribution in [0.4, 0.5) is 5.95 Å². The number of nitrogen functional groups attached to an aromatic ring is 1. The van der Waals surface area contributed by atoms with E-state index >= 15 is 0 Å². The van der Waals surface area contributed by atoms with Gasteiger partial charge in [-0.25, -0.2) is 0 Å². The summed E-state index contributed by atoms with van der Waals surface area (Å²) >= 11 is -2.37. The Bertz CT molecular complexity index is 360. The number of unbranched alkanes of at least 4 members (excludes halogenated alkanes) is 3. The summed E-state index contributed by atoms with van der Waals surface area (Å²) in [6.45, 7) is 6.89. The van der Waals surface area contributed by atoms with E-state index in [9.17, 15) is 0 Å². The zero-order valence-electron chi connectivity index (χ0n) is 13.5. The second kappa shape index (κ2) is 9.59. The first-order valence-electron chi connectivity index (χ1n) is 8.27. The Hall–Kier alpha value is -0.321. The Morgan fingerprint density at radius 1 is 0.950 bits per heavy atom. The van der Waals surface area contributed by atoms with Crippen molar-refractivity contribution in [2.45, 2.75) is 72.6 Å². The van der Waals surface area contributed by atoms with E-state index in [1.165, 1.54) is 55.5 Å². The molecule has 20 heavy (non-hydrogen) atoms. The second-order valence-electron chi connectivity index (χ2n) is 5.89. The number of aromatic nitrogens is 2. The van der Waals surface area contributed by atoms with Crippen LogP contribution in [0.1, 0.15) is 59.3 Å². The molecule has 0 saturated heterocycles. The third kappa shape index (κ3) is 5.23. The number of hydrogen-bond acceptors (Lipinski definition) is 3. The van der Waals surface area contributed by atoms with Crippen molar-refractivity contribution in [2.24, 2.45) is 0 Å². The van der Waals surface area contributed by atoms with Crippen molar-refractivity contribution in [3.8, 4) is 0 Å². The van der Waals surface area contributed by atoms with Gasteiger partial charge in [-0.05, 0) is 0 Å². The molecule has 0 atom stereocenters. The molecule has 0 amide bonds. The van der Waals surface area contributed by atoms with Crippen molar-refractivity contribution in [1.29, 1.82) is 0 Å². The molecule has 0 aliphatic heterocycles. The van der Waals surface area contributed by atoms with Crippen LogP contribution >= 0.6 is 0 Å². The fraction of sp³-hybridized carbons (Fsp3) is 0.750. The Labute approximate surface area is 128 Å². The number of rotatable bonds is 10. The van der Waals surface area contributed by atoms with Gasteiger partial charge in [0, 0.05) is 0 Å². The molecule has 0 aliphatic rings. The standard InChI is InChI=1S/C4H4N3.3C4H9.Sn/c5-4-6-2-1-3-7-4;3*1-3-4-2;/h1-2H,(H2,5,6,7);3*1,3-4H2,2H3;. The molecule has 2 N–H and O–H groups in total. The maximum atomic E-state index is 5.85. The van der Waals surface area contributed by atoms with Gasteiger partial charge in [0.2, 0.25) is 0 Å². The van der Waals surface area contributed by atoms with Gasteiger partial charge in [-0.1, -0.05) is 0 Å². The van der Waals surface area contributed by atoms with Crippen LogP contribution in [0.2, 0.25) is 13.3 Å². The van der Waals surface area contributed by atoms with Gasteiger partial charge in [0.25, 0.3) is 0 Å². The molecule has 1 aromatic rings. The average molecular weight is 384 g/mol. The third-order valence-corrected chi connectivity index (χ3v) is 19.4. The minimum atomic E-state index is -2.37. The van der Waals surface area contributed by atoms with Crippen LogP contribution < -0.4 is 9.44 Å². The number of anilines is 1. The van der Waals surface area contributed by atoms with E-state index < -0.39 is 18.4 Å². The summed E-state index contributed by atoms with van der Waals surface area (Å²) in [5.74, 6) is 0.466. The molecule has 1 rings (SSSR count). The zero-order chi connectivity index (χ0) is 14.8. The Balaban J connectivity index is 3.04. The Kier molecular flexibility index (Phi) is 8.50. The molecule has 0 radical (unpaired) electrons. The van der Waals surface area contributed by atoms with Gasteiger partial charge in [-0.2, -0.15) is 0 Å². The quantitative estimate of drug-likeness (QED) is 0.618. The number of hydrogen-bond donors (Lipinski definition) is 1. The average Bonchev–Trinajstić information content (AvgIpc) is 2.47. The summed E-state index contributed by atoms with van der Waals surface area (Å²) in [6.07, 6.45) is 9.80. The van der Waals surface area contributed by atoms with Crippen molar-refractivity contribution < 1.29 is 0 Å². The van der Waals surface area contributed by atoms with E-state index in [0.29, 0.717) is 5.95 Å². The fourth-order valence-corrected chi connectivity index (χ4v) is 18.4. The van der Waals surface area contributed by atoms with Crippen molar-refractivity contribution in [3.63, 3.8) is 0 Å². The van der Waals surface area contributed by atoms with E-state index in [4.69, 9.17) is 5.73 Å². The minimum absolute atomic E-state index is 0.466. The van der Waals surface area contributed by atoms with Crippen LogP contribution in [0, 0.1) is 0 Å². The van der Waals surface area contributed by atoms with Crippen molar-refractivity contribution in [2.75, 3.05) is 5.73 Å². The van der Waals surface area contributed by atoms with Gasteiger partial charge in [0.05, 0.1) is 0 Å². The summed E-state index contributed by atoms with van der Waals surface area (Å²) in [6, 6.07) is 2.17. The zero-order valence-corrected chi connectivity index (χ0v) is 16.3. The van der Waals surface area contributed by atoms with Gasteiger partial charge in [0.1, 0.15) is 0 Å². The van der Waals surface area contributed by atoms with E-state index in [0.717, 1.165) is 0 Å². The van der Waals surface area contributed by atoms with E-state index in [2.05, 4.69) is 36.8 Å². The van der Waals surface area contributed by atoms with Crippen LogP contribution in [0.15, 0.2) is 12.3 Å². The molecule has 4 heteroatoms. The molecule has 1 heterocycles. The first-order chi connectivity index (χ1) is 9.68. The van der Waals surface area contributed by atoms with E-state index in [-0.39, 0.29) is 0 Å². The van der Waals surface area contributed by atoms with Crippen LogP contribution in [0.5, 0.6) is 0 Å². The number of nitrogens with zero attached hydrogens (tertiary/aromatic N) is 2. The van der Waals surface area contributed by atoms with E-state index in [1.807, 2.05) is 6.20 Å². The molecule has 0 aliphatic carbocycles. The predicted molar refractivity (Wildman–Crippen MR) is 91.0 cm³/mol. The maximum absolute atomic E-state index is 5.85. The van der Waals surface area contributed by atoms with Crippen LogP contribution in [0.3, 0.4) is 0 Å². The summed E-state index contributed by atoms with van der Waals surface area (Å²) < 4.78 is 5.67. The first-order valence-corrected chi connectivity index (χ1v) is 15.8. The summed E-state index contributed by atoms with van der Waals surface area (Å²) in [5, 5.41) is 0. The van der Waals surface area contributed by atoms with E-state index in [1.54, 1.807) is 0 Å². The molecular formula is C16H31N3Sn. The molecule has 1 aromatic heterocycles. The Morgan fingerprint density at radius 2 is 1.45 bits per heavy atom. The third-order valence-electron chi connectivity index (χ3n) is 4.24. The van der Waals surface area contributed by atoms with Gasteiger partial charge in [0.15, 0.2) is 0 Å². The summed E-state index contributed by atoms with van der Waals surface area (Å²) in [5.41, 5.74) is 5.85. The molecule has 0 spiro atoms. The van der Waals surface area contributed by atoms with Crippen LogP contribution in [0.25, 0.3) is 0 Å². The molecule has 0 fully saturated rings. The normalized spacial score (nSPS) is 11.8. The Morgan fingerprint density at radius 3 is 1.85 bits per heavy atom. The SMILES string of the molecule is CCC[CH2][Sn]([CH2]CCC)([CH2]CCC)[c]1ccnc(N)n1. The summed E-state index contributed by atoms with van der Waals surface area (Å²) in [4.78, 5) is 8.76. The first kappa shape index (κ1) is 17.7. The molecular weight excluding hydrogens is 353 g/mol. The monoisotopic (exact) mass is 385 g/mol. The fourth-order valence-electron chi connectivity index (χ4n) is 2.97. The molecule has 114 valence electrons. The second-order valence-corrected chi connectivity index (χ2v) is 18.9. The van der Waals surface area contributed by atoms with Crippen LogP contribution in [-0.4, -0.2) is 28.3 Å². The van der Waals surface area contributed by atoms with Gasteiger partial charge in [-0.15, -0.1) is 0 Å². The number of nitrogens with two attached hydrogens (primary N) is 1. The molecule has 0 bridgehead atoms. The van der Waals surface area contributed by atoms with Crippen molar-refractivity contribution in [3.05, 3.63) is 12.3 Å². The van der Waals surface area contributed by atoms with Gasteiger partial charge < -0.3 is 0 Å². The van der Waals surface area contributed by atoms with Gasteiger partial charge in [-0.3, -0.25) is 0 Å². The van der Waals surface area contributed by atoms with Gasteiger partial charge >= 0.3 is 129 Å².